The first-order valence-corrected chi connectivity index (χ1v) is 6.19. The molecule has 0 atom stereocenters. The van der Waals surface area contributed by atoms with E-state index in [1.54, 1.807) is 5.57 Å². The zero-order valence-electron chi connectivity index (χ0n) is 10.7. The molecule has 0 N–H and O–H groups in total. The fourth-order valence-corrected chi connectivity index (χ4v) is 1.48. The summed E-state index contributed by atoms with van der Waals surface area (Å²) in [7, 11) is 0. The van der Waals surface area contributed by atoms with E-state index in [0.29, 0.717) is 0 Å². The summed E-state index contributed by atoms with van der Waals surface area (Å²) < 4.78 is 0. The lowest BCUT2D eigenvalue weighted by Crippen LogP contribution is -1.82. The SMILES string of the molecule is C=CCCC=C(CC)CC/C=C(\C)CC. The molecule has 0 nitrogen and oxygen atoms in total. The smallest absolute Gasteiger partial charge is 0.0286 e. The van der Waals surface area contributed by atoms with Crippen molar-refractivity contribution in [3.63, 3.8) is 0 Å². The molecule has 0 bridgehead atoms. The van der Waals surface area contributed by atoms with E-state index in [0.717, 1.165) is 12.8 Å². The molecule has 0 spiro atoms. The van der Waals surface area contributed by atoms with Gasteiger partial charge in [-0.2, -0.15) is 0 Å². The quantitative estimate of drug-likeness (QED) is 0.367. The number of allylic oxidation sites excluding steroid dienone is 5. The summed E-state index contributed by atoms with van der Waals surface area (Å²) in [6.45, 7) is 10.4. The van der Waals surface area contributed by atoms with Crippen LogP contribution in [0.2, 0.25) is 0 Å². The van der Waals surface area contributed by atoms with E-state index in [1.165, 1.54) is 31.3 Å². The largest absolute Gasteiger partial charge is 0.103 e. The van der Waals surface area contributed by atoms with Gasteiger partial charge < -0.3 is 0 Å². The summed E-state index contributed by atoms with van der Waals surface area (Å²) >= 11 is 0. The summed E-state index contributed by atoms with van der Waals surface area (Å²) in [6, 6.07) is 0. The molecule has 0 aromatic rings. The number of rotatable bonds is 8. The van der Waals surface area contributed by atoms with Crippen molar-refractivity contribution in [3.05, 3.63) is 36.0 Å². The van der Waals surface area contributed by atoms with Crippen molar-refractivity contribution in [3.8, 4) is 0 Å². The number of unbranched alkanes of at least 4 members (excludes halogenated alkanes) is 1. The van der Waals surface area contributed by atoms with Gasteiger partial charge in [-0.05, 0) is 45.4 Å². The second-order valence-corrected chi connectivity index (χ2v) is 4.02. The molecule has 0 saturated carbocycles. The monoisotopic (exact) mass is 206 g/mol. The van der Waals surface area contributed by atoms with Crippen LogP contribution in [0, 0.1) is 0 Å². The first-order valence-electron chi connectivity index (χ1n) is 6.19. The van der Waals surface area contributed by atoms with Crippen LogP contribution in [0.3, 0.4) is 0 Å². The van der Waals surface area contributed by atoms with Crippen molar-refractivity contribution >= 4 is 0 Å². The topological polar surface area (TPSA) is 0 Å². The molecule has 0 rings (SSSR count). The third kappa shape index (κ3) is 8.23. The van der Waals surface area contributed by atoms with Gasteiger partial charge in [0.15, 0.2) is 0 Å². The van der Waals surface area contributed by atoms with Gasteiger partial charge in [0, 0.05) is 0 Å². The Bertz CT molecular complexity index is 218. The highest BCUT2D eigenvalue weighted by molar-refractivity contribution is 5.05. The minimum absolute atomic E-state index is 1.10. The Balaban J connectivity index is 3.89. The third-order valence-corrected chi connectivity index (χ3v) is 2.77. The van der Waals surface area contributed by atoms with Gasteiger partial charge in [-0.1, -0.05) is 43.2 Å². The standard InChI is InChI=1S/C15H26/c1-5-8-9-12-15(7-3)13-10-11-14(4)6-2/h5,11-12H,1,6-10,13H2,2-4H3/b14-11+,15-12?. The fourth-order valence-electron chi connectivity index (χ4n) is 1.48. The Morgan fingerprint density at radius 3 is 2.27 bits per heavy atom. The van der Waals surface area contributed by atoms with E-state index in [2.05, 4.69) is 39.5 Å². The molecular weight excluding hydrogens is 180 g/mol. The van der Waals surface area contributed by atoms with Gasteiger partial charge in [0.05, 0.1) is 0 Å². The zero-order chi connectivity index (χ0) is 11.5. The maximum Gasteiger partial charge on any atom is -0.0286 e. The molecule has 0 fully saturated rings. The maximum absolute atomic E-state index is 3.74. The lowest BCUT2D eigenvalue weighted by atomic mass is 10.0. The molecule has 0 aromatic carbocycles. The Labute approximate surface area is 95.8 Å². The van der Waals surface area contributed by atoms with Gasteiger partial charge in [-0.25, -0.2) is 0 Å². The van der Waals surface area contributed by atoms with Gasteiger partial charge >= 0.3 is 0 Å². The molecule has 0 heterocycles. The molecule has 0 aliphatic rings. The lowest BCUT2D eigenvalue weighted by Gasteiger charge is -2.03. The van der Waals surface area contributed by atoms with Gasteiger partial charge in [-0.3, -0.25) is 0 Å². The molecule has 0 saturated heterocycles. The van der Waals surface area contributed by atoms with Crippen molar-refractivity contribution in [2.75, 3.05) is 0 Å². The van der Waals surface area contributed by atoms with E-state index in [4.69, 9.17) is 0 Å². The molecule has 0 heteroatoms. The van der Waals surface area contributed by atoms with Crippen molar-refractivity contribution in [1.82, 2.24) is 0 Å². The average Bonchev–Trinajstić information content (AvgIpc) is 2.26. The third-order valence-electron chi connectivity index (χ3n) is 2.77. The molecule has 0 aliphatic carbocycles. The van der Waals surface area contributed by atoms with Crippen molar-refractivity contribution < 1.29 is 0 Å². The van der Waals surface area contributed by atoms with Gasteiger partial charge in [0.2, 0.25) is 0 Å². The Kier molecular flexibility index (Phi) is 9.26. The van der Waals surface area contributed by atoms with E-state index < -0.39 is 0 Å². The molecular formula is C15H26. The first-order chi connectivity index (χ1) is 7.24. The summed E-state index contributed by atoms with van der Waals surface area (Å²) in [5, 5.41) is 0. The minimum Gasteiger partial charge on any atom is -0.103 e. The highest BCUT2D eigenvalue weighted by Gasteiger charge is 1.93. The maximum atomic E-state index is 3.74. The van der Waals surface area contributed by atoms with Crippen molar-refractivity contribution in [1.29, 1.82) is 0 Å². The predicted molar refractivity (Wildman–Crippen MR) is 71.1 cm³/mol. The average molecular weight is 206 g/mol. The van der Waals surface area contributed by atoms with Gasteiger partial charge in [0.25, 0.3) is 0 Å². The molecule has 0 amide bonds. The number of hydrogen-bond acceptors (Lipinski definition) is 0. The Morgan fingerprint density at radius 1 is 1.00 bits per heavy atom. The van der Waals surface area contributed by atoms with Crippen LogP contribution in [0.4, 0.5) is 0 Å². The second-order valence-electron chi connectivity index (χ2n) is 4.02. The lowest BCUT2D eigenvalue weighted by molar-refractivity contribution is 0.875. The second kappa shape index (κ2) is 9.76. The summed E-state index contributed by atoms with van der Waals surface area (Å²) in [4.78, 5) is 0. The van der Waals surface area contributed by atoms with E-state index in [1.807, 2.05) is 6.08 Å². The van der Waals surface area contributed by atoms with Crippen LogP contribution in [-0.2, 0) is 0 Å². The Hall–Kier alpha value is -0.780. The van der Waals surface area contributed by atoms with Gasteiger partial charge in [-0.15, -0.1) is 6.58 Å². The highest BCUT2D eigenvalue weighted by atomic mass is 14.0. The number of hydrogen-bond donors (Lipinski definition) is 0. The Morgan fingerprint density at radius 2 is 1.73 bits per heavy atom. The van der Waals surface area contributed by atoms with Crippen LogP contribution in [0.25, 0.3) is 0 Å². The van der Waals surface area contributed by atoms with Crippen LogP contribution in [0.15, 0.2) is 36.0 Å². The predicted octanol–water partition coefficient (Wildman–Crippen LogP) is 5.43. The van der Waals surface area contributed by atoms with Crippen LogP contribution in [0.5, 0.6) is 0 Å². The molecule has 15 heavy (non-hydrogen) atoms. The normalized spacial score (nSPS) is 13.0. The first kappa shape index (κ1) is 14.2. The van der Waals surface area contributed by atoms with E-state index in [9.17, 15) is 0 Å². The van der Waals surface area contributed by atoms with E-state index >= 15 is 0 Å². The summed E-state index contributed by atoms with van der Waals surface area (Å²) in [5.74, 6) is 0. The minimum atomic E-state index is 1.10. The van der Waals surface area contributed by atoms with Crippen LogP contribution >= 0.6 is 0 Å². The molecule has 0 aliphatic heterocycles. The summed E-state index contributed by atoms with van der Waals surface area (Å²) in [6.07, 6.45) is 13.8. The molecule has 0 radical (unpaired) electrons. The molecule has 0 aromatic heterocycles. The van der Waals surface area contributed by atoms with Crippen LogP contribution in [-0.4, -0.2) is 0 Å². The zero-order valence-corrected chi connectivity index (χ0v) is 10.7. The van der Waals surface area contributed by atoms with Crippen molar-refractivity contribution in [2.45, 2.75) is 59.3 Å². The fraction of sp³-hybridized carbons (Fsp3) is 0.600. The van der Waals surface area contributed by atoms with Crippen LogP contribution < -0.4 is 0 Å². The van der Waals surface area contributed by atoms with Crippen LogP contribution in [0.1, 0.15) is 59.3 Å². The van der Waals surface area contributed by atoms with Crippen molar-refractivity contribution in [2.24, 2.45) is 0 Å². The van der Waals surface area contributed by atoms with E-state index in [-0.39, 0.29) is 0 Å². The highest BCUT2D eigenvalue weighted by Crippen LogP contribution is 2.13. The van der Waals surface area contributed by atoms with Gasteiger partial charge in [0.1, 0.15) is 0 Å². The molecule has 86 valence electrons. The molecule has 0 unspecified atom stereocenters. The summed E-state index contributed by atoms with van der Waals surface area (Å²) in [5.41, 5.74) is 3.11.